The lowest BCUT2D eigenvalue weighted by atomic mass is 10.2. The van der Waals surface area contributed by atoms with Crippen molar-refractivity contribution in [2.24, 2.45) is 5.92 Å². The number of carboxylic acid groups (broad SMARTS) is 1. The van der Waals surface area contributed by atoms with Crippen LogP contribution in [-0.2, 0) is 24.3 Å². The van der Waals surface area contributed by atoms with E-state index < -0.39 is 33.6 Å². The largest absolute Gasteiger partial charge is 0.481 e. The summed E-state index contributed by atoms with van der Waals surface area (Å²) < 4.78 is 29.4. The van der Waals surface area contributed by atoms with Crippen LogP contribution in [0.5, 0.6) is 0 Å². The Morgan fingerprint density at radius 3 is 2.47 bits per heavy atom. The van der Waals surface area contributed by atoms with Crippen LogP contribution in [0.3, 0.4) is 0 Å². The van der Waals surface area contributed by atoms with Crippen LogP contribution in [0.2, 0.25) is 0 Å². The van der Waals surface area contributed by atoms with Gasteiger partial charge >= 0.3 is 11.9 Å². The van der Waals surface area contributed by atoms with Crippen LogP contribution in [-0.4, -0.2) is 44.4 Å². The van der Waals surface area contributed by atoms with Crippen molar-refractivity contribution in [3.63, 3.8) is 0 Å². The fraction of sp³-hybridized carbons (Fsp3) is 0.778. The van der Waals surface area contributed by atoms with E-state index in [9.17, 15) is 18.0 Å². The molecule has 0 bridgehead atoms. The van der Waals surface area contributed by atoms with Gasteiger partial charge in [0.1, 0.15) is 0 Å². The molecule has 2 N–H and O–H groups in total. The van der Waals surface area contributed by atoms with E-state index in [1.807, 2.05) is 0 Å². The first-order valence-electron chi connectivity index (χ1n) is 5.14. The van der Waals surface area contributed by atoms with Gasteiger partial charge in [0.25, 0.3) is 0 Å². The third-order valence-electron chi connectivity index (χ3n) is 1.91. The zero-order chi connectivity index (χ0) is 13.5. The van der Waals surface area contributed by atoms with E-state index in [1.54, 1.807) is 6.92 Å². The number of carbonyl (C=O) groups excluding carboxylic acids is 1. The van der Waals surface area contributed by atoms with E-state index in [4.69, 9.17) is 5.11 Å². The first-order valence-corrected chi connectivity index (χ1v) is 6.79. The number of aliphatic carboxylic acids is 1. The van der Waals surface area contributed by atoms with Crippen molar-refractivity contribution in [2.45, 2.75) is 20.3 Å². The lowest BCUT2D eigenvalue weighted by Crippen LogP contribution is -2.33. The highest BCUT2D eigenvalue weighted by atomic mass is 32.2. The highest BCUT2D eigenvalue weighted by molar-refractivity contribution is 7.89. The topological polar surface area (TPSA) is 110 Å². The molecule has 0 aromatic heterocycles. The number of nitrogens with one attached hydrogen (secondary N) is 1. The molecule has 7 nitrogen and oxygen atoms in total. The highest BCUT2D eigenvalue weighted by Crippen LogP contribution is 1.97. The number of carboxylic acids is 1. The monoisotopic (exact) mass is 267 g/mol. The predicted molar refractivity (Wildman–Crippen MR) is 59.8 cm³/mol. The van der Waals surface area contributed by atoms with Gasteiger partial charge < -0.3 is 9.84 Å². The van der Waals surface area contributed by atoms with Crippen LogP contribution < -0.4 is 4.72 Å². The SMILES string of the molecule is CCOC(=O)CCS(=O)(=O)NCC(C)C(=O)O. The van der Waals surface area contributed by atoms with Gasteiger partial charge in [-0.1, -0.05) is 6.92 Å². The van der Waals surface area contributed by atoms with Crippen LogP contribution in [0.4, 0.5) is 0 Å². The number of rotatable bonds is 8. The number of ether oxygens (including phenoxy) is 1. The molecule has 1 atom stereocenters. The molecule has 100 valence electrons. The molecule has 0 fully saturated rings. The third-order valence-corrected chi connectivity index (χ3v) is 3.26. The lowest BCUT2D eigenvalue weighted by Gasteiger charge is -2.08. The normalized spacial score (nSPS) is 13.1. The van der Waals surface area contributed by atoms with Crippen molar-refractivity contribution in [1.82, 2.24) is 4.72 Å². The van der Waals surface area contributed by atoms with Gasteiger partial charge in [-0.15, -0.1) is 0 Å². The summed E-state index contributed by atoms with van der Waals surface area (Å²) in [6, 6.07) is 0. The molecule has 1 unspecified atom stereocenters. The Morgan fingerprint density at radius 1 is 1.41 bits per heavy atom. The Kier molecular flexibility index (Phi) is 6.74. The maximum absolute atomic E-state index is 11.4. The second kappa shape index (κ2) is 7.23. The second-order valence-electron chi connectivity index (χ2n) is 3.46. The number of carbonyl (C=O) groups is 2. The summed E-state index contributed by atoms with van der Waals surface area (Å²) in [5.41, 5.74) is 0. The van der Waals surface area contributed by atoms with Gasteiger partial charge in [-0.2, -0.15) is 0 Å². The summed E-state index contributed by atoms with van der Waals surface area (Å²) in [4.78, 5) is 21.4. The molecule has 17 heavy (non-hydrogen) atoms. The molecule has 0 heterocycles. The molecular formula is C9H17NO6S. The van der Waals surface area contributed by atoms with Crippen LogP contribution in [0.1, 0.15) is 20.3 Å². The first-order chi connectivity index (χ1) is 7.78. The average molecular weight is 267 g/mol. The summed E-state index contributed by atoms with van der Waals surface area (Å²) in [5.74, 6) is -2.90. The summed E-state index contributed by atoms with van der Waals surface area (Å²) in [6.07, 6.45) is -0.245. The Balaban J connectivity index is 4.05. The second-order valence-corrected chi connectivity index (χ2v) is 5.39. The summed E-state index contributed by atoms with van der Waals surface area (Å²) in [6.45, 7) is 3.01. The van der Waals surface area contributed by atoms with Crippen molar-refractivity contribution >= 4 is 22.0 Å². The minimum atomic E-state index is -3.64. The minimum Gasteiger partial charge on any atom is -0.481 e. The standard InChI is InChI=1S/C9H17NO6S/c1-3-16-8(11)4-5-17(14,15)10-6-7(2)9(12)13/h7,10H,3-6H2,1-2H3,(H,12,13). The number of sulfonamides is 1. The summed E-state index contributed by atoms with van der Waals surface area (Å²) in [7, 11) is -3.64. The molecule has 0 aliphatic carbocycles. The zero-order valence-corrected chi connectivity index (χ0v) is 10.6. The molecule has 0 aromatic rings. The Labute approximate surface area is 100 Å². The fourth-order valence-electron chi connectivity index (χ4n) is 0.862. The van der Waals surface area contributed by atoms with E-state index in [2.05, 4.69) is 9.46 Å². The molecule has 0 aliphatic rings. The number of hydrogen-bond donors (Lipinski definition) is 2. The highest BCUT2D eigenvalue weighted by Gasteiger charge is 2.17. The van der Waals surface area contributed by atoms with E-state index >= 15 is 0 Å². The molecule has 0 saturated heterocycles. The Morgan fingerprint density at radius 2 is 2.00 bits per heavy atom. The molecule has 0 aliphatic heterocycles. The van der Waals surface area contributed by atoms with E-state index in [0.717, 1.165) is 0 Å². The van der Waals surface area contributed by atoms with E-state index in [-0.39, 0.29) is 19.6 Å². The van der Waals surface area contributed by atoms with Crippen molar-refractivity contribution in [2.75, 3.05) is 18.9 Å². The quantitative estimate of drug-likeness (QED) is 0.578. The molecule has 0 spiro atoms. The van der Waals surface area contributed by atoms with Crippen LogP contribution in [0.15, 0.2) is 0 Å². The van der Waals surface area contributed by atoms with Crippen LogP contribution in [0, 0.1) is 5.92 Å². The van der Waals surface area contributed by atoms with Crippen molar-refractivity contribution < 1.29 is 27.9 Å². The van der Waals surface area contributed by atoms with Crippen molar-refractivity contribution in [3.8, 4) is 0 Å². The average Bonchev–Trinajstić information content (AvgIpc) is 2.24. The van der Waals surface area contributed by atoms with Crippen molar-refractivity contribution in [1.29, 1.82) is 0 Å². The molecule has 0 rings (SSSR count). The molecular weight excluding hydrogens is 250 g/mol. The third kappa shape index (κ3) is 7.70. The minimum absolute atomic E-state index is 0.194. The van der Waals surface area contributed by atoms with Gasteiger partial charge in [-0.25, -0.2) is 13.1 Å². The fourth-order valence-corrected chi connectivity index (χ4v) is 1.95. The predicted octanol–water partition coefficient (Wildman–Crippen LogP) is -0.420. The maximum atomic E-state index is 11.4. The maximum Gasteiger partial charge on any atom is 0.307 e. The van der Waals surface area contributed by atoms with Gasteiger partial charge in [0, 0.05) is 6.54 Å². The smallest absolute Gasteiger partial charge is 0.307 e. The molecule has 0 amide bonds. The van der Waals surface area contributed by atoms with Crippen LogP contribution >= 0.6 is 0 Å². The molecule has 0 saturated carbocycles. The van der Waals surface area contributed by atoms with E-state index in [1.165, 1.54) is 6.92 Å². The van der Waals surface area contributed by atoms with Crippen LogP contribution in [0.25, 0.3) is 0 Å². The summed E-state index contributed by atoms with van der Waals surface area (Å²) in [5, 5.41) is 8.56. The van der Waals surface area contributed by atoms with Gasteiger partial charge in [-0.05, 0) is 6.92 Å². The van der Waals surface area contributed by atoms with Gasteiger partial charge in [0.15, 0.2) is 0 Å². The summed E-state index contributed by atoms with van der Waals surface area (Å²) >= 11 is 0. The number of esters is 1. The van der Waals surface area contributed by atoms with E-state index in [0.29, 0.717) is 0 Å². The van der Waals surface area contributed by atoms with Gasteiger partial charge in [-0.3, -0.25) is 9.59 Å². The number of hydrogen-bond acceptors (Lipinski definition) is 5. The Bertz CT molecular complexity index is 364. The zero-order valence-electron chi connectivity index (χ0n) is 9.80. The lowest BCUT2D eigenvalue weighted by molar-refractivity contribution is -0.143. The van der Waals surface area contributed by atoms with Gasteiger partial charge in [0.2, 0.25) is 10.0 Å². The first kappa shape index (κ1) is 15.9. The Hall–Kier alpha value is -1.15. The molecule has 0 aromatic carbocycles. The molecule has 8 heteroatoms. The van der Waals surface area contributed by atoms with Gasteiger partial charge in [0.05, 0.1) is 24.7 Å². The molecule has 0 radical (unpaired) electrons. The van der Waals surface area contributed by atoms with Crippen molar-refractivity contribution in [3.05, 3.63) is 0 Å².